The second kappa shape index (κ2) is 7.34. The number of rotatable bonds is 3. The normalized spacial score (nSPS) is 20.9. The Morgan fingerprint density at radius 2 is 1.90 bits per heavy atom. The van der Waals surface area contributed by atoms with Gasteiger partial charge in [0, 0.05) is 17.5 Å². The van der Waals surface area contributed by atoms with Crippen LogP contribution in [0.4, 0.5) is 4.39 Å². The van der Waals surface area contributed by atoms with Crippen molar-refractivity contribution in [3.8, 4) is 0 Å². The van der Waals surface area contributed by atoms with Gasteiger partial charge in [0.05, 0.1) is 11.7 Å². The topological polar surface area (TPSA) is 67.3 Å². The van der Waals surface area contributed by atoms with Crippen LogP contribution in [0.5, 0.6) is 0 Å². The summed E-state index contributed by atoms with van der Waals surface area (Å²) in [7, 11) is 0. The van der Waals surface area contributed by atoms with Gasteiger partial charge in [-0.05, 0) is 78.9 Å². The van der Waals surface area contributed by atoms with Crippen molar-refractivity contribution in [1.29, 1.82) is 0 Å². The first-order valence-corrected chi connectivity index (χ1v) is 10.4. The van der Waals surface area contributed by atoms with Crippen LogP contribution in [0.25, 0.3) is 22.1 Å². The maximum absolute atomic E-state index is 13.8. The third kappa shape index (κ3) is 3.46. The second-order valence-corrected chi connectivity index (χ2v) is 8.30. The number of fused-ring (bicyclic) bond motifs is 2. The molecule has 1 unspecified atom stereocenters. The van der Waals surface area contributed by atoms with Crippen molar-refractivity contribution in [2.75, 3.05) is 0 Å². The zero-order chi connectivity index (χ0) is 20.0. The van der Waals surface area contributed by atoms with Crippen LogP contribution < -0.4 is 0 Å². The maximum atomic E-state index is 13.8. The quantitative estimate of drug-likeness (QED) is 0.436. The van der Waals surface area contributed by atoms with E-state index in [0.29, 0.717) is 23.4 Å². The van der Waals surface area contributed by atoms with E-state index in [1.807, 2.05) is 6.20 Å². The van der Waals surface area contributed by atoms with Crippen LogP contribution in [0.3, 0.4) is 0 Å². The average Bonchev–Trinajstić information content (AvgIpc) is 3.16. The number of halogens is 2. The Kier molecular flexibility index (Phi) is 4.66. The number of pyridine rings is 1. The van der Waals surface area contributed by atoms with E-state index < -0.39 is 0 Å². The van der Waals surface area contributed by atoms with Crippen LogP contribution in [-0.2, 0) is 0 Å². The van der Waals surface area contributed by atoms with Gasteiger partial charge in [0.2, 0.25) is 5.28 Å². The van der Waals surface area contributed by atoms with E-state index in [-0.39, 0.29) is 11.1 Å². The first-order chi connectivity index (χ1) is 14.1. The van der Waals surface area contributed by atoms with Gasteiger partial charge in [-0.25, -0.2) is 14.4 Å². The number of aromatic nitrogens is 5. The summed E-state index contributed by atoms with van der Waals surface area (Å²) in [6.45, 7) is 2.22. The zero-order valence-corrected chi connectivity index (χ0v) is 16.8. The zero-order valence-electron chi connectivity index (χ0n) is 16.1. The van der Waals surface area contributed by atoms with Crippen molar-refractivity contribution >= 4 is 33.7 Å². The number of imidazole rings is 1. The molecule has 1 aliphatic carbocycles. The molecule has 0 bridgehead atoms. The molecule has 5 nitrogen and oxygen atoms in total. The van der Waals surface area contributed by atoms with Crippen molar-refractivity contribution < 1.29 is 4.39 Å². The van der Waals surface area contributed by atoms with E-state index in [2.05, 4.69) is 37.9 Å². The molecule has 3 heterocycles. The second-order valence-electron chi connectivity index (χ2n) is 7.96. The van der Waals surface area contributed by atoms with Crippen LogP contribution in [0.1, 0.15) is 55.8 Å². The number of benzene rings is 1. The highest BCUT2D eigenvalue weighted by Gasteiger charge is 2.29. The van der Waals surface area contributed by atoms with Gasteiger partial charge < -0.3 is 4.98 Å². The van der Waals surface area contributed by atoms with E-state index in [1.54, 1.807) is 18.3 Å². The first kappa shape index (κ1) is 18.4. The average molecular weight is 410 g/mol. The van der Waals surface area contributed by atoms with Crippen molar-refractivity contribution in [3.63, 3.8) is 0 Å². The fourth-order valence-electron chi connectivity index (χ4n) is 4.67. The van der Waals surface area contributed by atoms with Gasteiger partial charge in [0.25, 0.3) is 0 Å². The molecule has 0 aliphatic heterocycles. The Morgan fingerprint density at radius 1 is 1.07 bits per heavy atom. The largest absolute Gasteiger partial charge is 0.326 e. The number of nitrogens with one attached hydrogen (secondary N) is 1. The van der Waals surface area contributed by atoms with Gasteiger partial charge >= 0.3 is 0 Å². The molecule has 1 atom stereocenters. The third-order valence-corrected chi connectivity index (χ3v) is 6.50. The van der Waals surface area contributed by atoms with Crippen molar-refractivity contribution in [2.45, 2.75) is 44.4 Å². The molecule has 1 aromatic carbocycles. The molecule has 148 valence electrons. The van der Waals surface area contributed by atoms with E-state index in [0.717, 1.165) is 47.9 Å². The van der Waals surface area contributed by atoms with E-state index >= 15 is 0 Å². The third-order valence-electron chi connectivity index (χ3n) is 6.31. The summed E-state index contributed by atoms with van der Waals surface area (Å²) in [5.41, 5.74) is 3.51. The summed E-state index contributed by atoms with van der Waals surface area (Å²) < 4.78 is 13.8. The molecule has 7 heteroatoms. The highest BCUT2D eigenvalue weighted by atomic mass is 35.5. The molecular weight excluding hydrogens is 389 g/mol. The summed E-state index contributed by atoms with van der Waals surface area (Å²) in [5, 5.41) is 1.17. The Labute approximate surface area is 172 Å². The molecule has 1 aliphatic rings. The molecule has 0 saturated heterocycles. The minimum absolute atomic E-state index is 0.206. The highest BCUT2D eigenvalue weighted by molar-refractivity contribution is 6.28. The summed E-state index contributed by atoms with van der Waals surface area (Å²) in [6.07, 6.45) is 7.86. The monoisotopic (exact) mass is 409 g/mol. The lowest BCUT2D eigenvalue weighted by atomic mass is 9.73. The van der Waals surface area contributed by atoms with Crippen molar-refractivity contribution in [2.24, 2.45) is 5.92 Å². The van der Waals surface area contributed by atoms with Crippen LogP contribution in [0.2, 0.25) is 5.28 Å². The SMILES string of the molecule is CC(c1nc2cnc(Cl)nc2[nH]1)C1CCC(c2ccnc3ccc(F)cc23)CC1. The van der Waals surface area contributed by atoms with Gasteiger partial charge in [-0.15, -0.1) is 0 Å². The molecule has 4 aromatic rings. The fraction of sp³-hybridized carbons (Fsp3) is 0.364. The minimum atomic E-state index is -0.206. The molecule has 0 radical (unpaired) electrons. The van der Waals surface area contributed by atoms with Gasteiger partial charge in [-0.3, -0.25) is 4.98 Å². The molecule has 0 spiro atoms. The Morgan fingerprint density at radius 3 is 2.72 bits per heavy atom. The fourth-order valence-corrected chi connectivity index (χ4v) is 4.80. The molecule has 1 saturated carbocycles. The summed E-state index contributed by atoms with van der Waals surface area (Å²) in [5.74, 6) is 2.01. The van der Waals surface area contributed by atoms with E-state index in [1.165, 1.54) is 11.6 Å². The molecule has 29 heavy (non-hydrogen) atoms. The molecule has 1 fully saturated rings. The highest BCUT2D eigenvalue weighted by Crippen LogP contribution is 2.42. The molecular formula is C22H21ClFN5. The number of hydrogen-bond acceptors (Lipinski definition) is 4. The molecule has 0 amide bonds. The van der Waals surface area contributed by atoms with Crippen molar-refractivity contribution in [3.05, 3.63) is 59.1 Å². The standard InChI is InChI=1S/C22H21ClFN5/c1-12(20-27-19-11-26-22(23)29-21(19)28-20)13-2-4-14(5-3-13)16-8-9-25-18-7-6-15(24)10-17(16)18/h6-14H,2-5H2,1H3,(H,26,27,28,29). The number of H-pyrrole nitrogens is 1. The van der Waals surface area contributed by atoms with Crippen LogP contribution in [0.15, 0.2) is 36.7 Å². The molecule has 5 rings (SSSR count). The lowest BCUT2D eigenvalue weighted by Gasteiger charge is -2.32. The predicted molar refractivity (Wildman–Crippen MR) is 112 cm³/mol. The Bertz CT molecular complexity index is 1180. The Hall–Kier alpha value is -2.60. The maximum Gasteiger partial charge on any atom is 0.224 e. The molecule has 1 N–H and O–H groups in total. The van der Waals surface area contributed by atoms with Crippen LogP contribution in [0, 0.1) is 11.7 Å². The van der Waals surface area contributed by atoms with Crippen molar-refractivity contribution in [1.82, 2.24) is 24.9 Å². The van der Waals surface area contributed by atoms with Gasteiger partial charge in [-0.2, -0.15) is 4.98 Å². The Balaban J connectivity index is 1.34. The van der Waals surface area contributed by atoms with E-state index in [4.69, 9.17) is 11.6 Å². The summed E-state index contributed by atoms with van der Waals surface area (Å²) in [4.78, 5) is 20.6. The van der Waals surface area contributed by atoms with Gasteiger partial charge in [-0.1, -0.05) is 6.92 Å². The van der Waals surface area contributed by atoms with E-state index in [9.17, 15) is 4.39 Å². The van der Waals surface area contributed by atoms with Gasteiger partial charge in [0.1, 0.15) is 17.2 Å². The predicted octanol–water partition coefficient (Wildman–Crippen LogP) is 5.77. The minimum Gasteiger partial charge on any atom is -0.326 e. The van der Waals surface area contributed by atoms with Crippen LogP contribution in [-0.4, -0.2) is 24.9 Å². The molecule has 3 aromatic heterocycles. The number of nitrogens with zero attached hydrogens (tertiary/aromatic N) is 4. The number of hydrogen-bond donors (Lipinski definition) is 1. The lowest BCUT2D eigenvalue weighted by Crippen LogP contribution is -2.19. The number of aromatic amines is 1. The smallest absolute Gasteiger partial charge is 0.224 e. The lowest BCUT2D eigenvalue weighted by molar-refractivity contribution is 0.286. The van der Waals surface area contributed by atoms with Crippen LogP contribution >= 0.6 is 11.6 Å². The summed E-state index contributed by atoms with van der Waals surface area (Å²) >= 11 is 5.88. The summed E-state index contributed by atoms with van der Waals surface area (Å²) in [6, 6.07) is 6.91. The van der Waals surface area contributed by atoms with Gasteiger partial charge in [0.15, 0.2) is 5.65 Å². The first-order valence-electron chi connectivity index (χ1n) is 10.0.